The van der Waals surface area contributed by atoms with E-state index in [0.717, 1.165) is 22.2 Å². The predicted molar refractivity (Wildman–Crippen MR) is 131 cm³/mol. The second kappa shape index (κ2) is 6.51. The second-order valence-corrected chi connectivity index (χ2v) is 8.97. The molecule has 2 aliphatic rings. The molecule has 0 unspecified atom stereocenters. The van der Waals surface area contributed by atoms with Crippen molar-refractivity contribution in [1.82, 2.24) is 0 Å². The minimum atomic E-state index is -0.313. The van der Waals surface area contributed by atoms with E-state index in [1.54, 1.807) is 6.08 Å². The van der Waals surface area contributed by atoms with E-state index in [1.165, 1.54) is 16.3 Å². The van der Waals surface area contributed by atoms with Gasteiger partial charge in [-0.2, -0.15) is 0 Å². The lowest BCUT2D eigenvalue weighted by atomic mass is 9.79. The van der Waals surface area contributed by atoms with Crippen LogP contribution in [0.1, 0.15) is 35.3 Å². The number of carbonyl (C=O) groups is 1. The third-order valence-corrected chi connectivity index (χ3v) is 6.71. The number of rotatable bonds is 2. The van der Waals surface area contributed by atoms with Crippen molar-refractivity contribution < 1.29 is 9.90 Å². The summed E-state index contributed by atoms with van der Waals surface area (Å²) in [6, 6.07) is 24.1. The van der Waals surface area contributed by atoms with Crippen molar-refractivity contribution in [2.24, 2.45) is 4.99 Å². The van der Waals surface area contributed by atoms with Crippen LogP contribution in [0.25, 0.3) is 27.3 Å². The lowest BCUT2D eigenvalue weighted by Gasteiger charge is -2.22. The summed E-state index contributed by atoms with van der Waals surface area (Å²) in [5.41, 5.74) is 4.16. The monoisotopic (exact) mass is 415 g/mol. The number of nitrogens with zero attached hydrogens (tertiary/aromatic N) is 1. The van der Waals surface area contributed by atoms with E-state index in [4.69, 9.17) is 4.99 Å². The van der Waals surface area contributed by atoms with Gasteiger partial charge in [0.2, 0.25) is 0 Å². The average molecular weight is 415 g/mol. The molecule has 32 heavy (non-hydrogen) atoms. The highest BCUT2D eigenvalue weighted by Crippen LogP contribution is 2.45. The first-order chi connectivity index (χ1) is 15.4. The summed E-state index contributed by atoms with van der Waals surface area (Å²) in [4.78, 5) is 18.0. The molecular formula is C29H21NO2. The lowest BCUT2D eigenvalue weighted by Crippen LogP contribution is -2.24. The van der Waals surface area contributed by atoms with Gasteiger partial charge in [0.25, 0.3) is 0 Å². The average Bonchev–Trinajstić information content (AvgIpc) is 3.20. The maximum atomic E-state index is 13.1. The Bertz CT molecular complexity index is 1570. The van der Waals surface area contributed by atoms with E-state index < -0.39 is 0 Å². The summed E-state index contributed by atoms with van der Waals surface area (Å²) in [5, 5.41) is 15.2. The van der Waals surface area contributed by atoms with Gasteiger partial charge in [-0.05, 0) is 57.5 Å². The first-order valence-corrected chi connectivity index (χ1v) is 10.8. The van der Waals surface area contributed by atoms with Crippen molar-refractivity contribution in [1.29, 1.82) is 0 Å². The van der Waals surface area contributed by atoms with Gasteiger partial charge in [-0.3, -0.25) is 9.79 Å². The largest absolute Gasteiger partial charge is 0.507 e. The second-order valence-electron chi connectivity index (χ2n) is 8.97. The maximum Gasteiger partial charge on any atom is 0.197 e. The molecule has 0 atom stereocenters. The van der Waals surface area contributed by atoms with Gasteiger partial charge in [-0.25, -0.2) is 0 Å². The highest BCUT2D eigenvalue weighted by molar-refractivity contribution is 6.23. The predicted octanol–water partition coefficient (Wildman–Crippen LogP) is 7.08. The molecule has 0 spiro atoms. The summed E-state index contributed by atoms with van der Waals surface area (Å²) in [6.45, 7) is 4.31. The molecule has 0 radical (unpaired) electrons. The number of carbonyl (C=O) groups excluding carboxylic acids is 1. The summed E-state index contributed by atoms with van der Waals surface area (Å²) >= 11 is 0. The van der Waals surface area contributed by atoms with E-state index in [9.17, 15) is 9.90 Å². The van der Waals surface area contributed by atoms with Crippen LogP contribution in [0.5, 0.6) is 0 Å². The van der Waals surface area contributed by atoms with Gasteiger partial charge >= 0.3 is 0 Å². The Balaban J connectivity index is 1.41. The third kappa shape index (κ3) is 2.54. The molecule has 6 rings (SSSR count). The molecule has 0 saturated heterocycles. The summed E-state index contributed by atoms with van der Waals surface area (Å²) < 4.78 is 0. The zero-order chi connectivity index (χ0) is 22.0. The highest BCUT2D eigenvalue weighted by atomic mass is 16.3. The number of ketones is 1. The molecule has 3 heteroatoms. The molecule has 3 nitrogen and oxygen atoms in total. The topological polar surface area (TPSA) is 49.7 Å². The Morgan fingerprint density at radius 1 is 0.812 bits per heavy atom. The number of hydrogen-bond donors (Lipinski definition) is 1. The molecule has 0 aromatic heterocycles. The number of aliphatic imine (C=N–C) groups is 1. The van der Waals surface area contributed by atoms with Crippen molar-refractivity contribution >= 4 is 44.5 Å². The van der Waals surface area contributed by atoms with Crippen LogP contribution in [0.2, 0.25) is 0 Å². The molecule has 1 aliphatic carbocycles. The Labute approximate surface area is 186 Å². The molecule has 4 aromatic rings. The fourth-order valence-corrected chi connectivity index (χ4v) is 4.99. The van der Waals surface area contributed by atoms with E-state index in [-0.39, 0.29) is 17.0 Å². The molecule has 154 valence electrons. The van der Waals surface area contributed by atoms with Crippen LogP contribution in [0.3, 0.4) is 0 Å². The molecule has 1 aliphatic heterocycles. The first kappa shape index (κ1) is 18.8. The van der Waals surface area contributed by atoms with Crippen molar-refractivity contribution in [3.8, 4) is 0 Å². The number of aliphatic hydroxyl groups is 1. The Morgan fingerprint density at radius 2 is 1.47 bits per heavy atom. The third-order valence-electron chi connectivity index (χ3n) is 6.71. The number of allylic oxidation sites excluding steroid dienone is 3. The number of Topliss-reactive ketones (excluding diaryl/α,β-unsaturated/α-hetero) is 1. The van der Waals surface area contributed by atoms with Crippen molar-refractivity contribution in [2.45, 2.75) is 19.3 Å². The number of benzene rings is 4. The molecule has 0 bridgehead atoms. The van der Waals surface area contributed by atoms with Crippen LogP contribution in [-0.2, 0) is 5.41 Å². The highest BCUT2D eigenvalue weighted by Gasteiger charge is 2.36. The molecular weight excluding hydrogens is 394 g/mol. The summed E-state index contributed by atoms with van der Waals surface area (Å²) in [6.07, 6.45) is 3.60. The molecule has 1 N–H and O–H groups in total. The maximum absolute atomic E-state index is 13.1. The Kier molecular flexibility index (Phi) is 3.82. The minimum Gasteiger partial charge on any atom is -0.507 e. The molecule has 0 amide bonds. The van der Waals surface area contributed by atoms with E-state index in [2.05, 4.69) is 38.1 Å². The van der Waals surface area contributed by atoms with Crippen LogP contribution in [0.4, 0.5) is 5.69 Å². The number of hydrogen-bond acceptors (Lipinski definition) is 3. The molecule has 4 aromatic carbocycles. The van der Waals surface area contributed by atoms with Crippen molar-refractivity contribution in [3.63, 3.8) is 0 Å². The summed E-state index contributed by atoms with van der Waals surface area (Å²) in [7, 11) is 0. The van der Waals surface area contributed by atoms with E-state index in [0.29, 0.717) is 16.7 Å². The minimum absolute atomic E-state index is 0.0337. The van der Waals surface area contributed by atoms with Gasteiger partial charge < -0.3 is 5.11 Å². The fraction of sp³-hybridized carbons (Fsp3) is 0.103. The zero-order valence-corrected chi connectivity index (χ0v) is 17.9. The number of fused-ring (bicyclic) bond motifs is 5. The van der Waals surface area contributed by atoms with Crippen LogP contribution in [-0.4, -0.2) is 16.6 Å². The first-order valence-electron chi connectivity index (χ1n) is 10.8. The van der Waals surface area contributed by atoms with E-state index >= 15 is 0 Å². The number of aliphatic hydroxyl groups excluding tert-OH is 1. The van der Waals surface area contributed by atoms with Gasteiger partial charge in [0.05, 0.1) is 17.0 Å². The van der Waals surface area contributed by atoms with Gasteiger partial charge in [0, 0.05) is 16.5 Å². The van der Waals surface area contributed by atoms with Crippen LogP contribution in [0.15, 0.2) is 95.5 Å². The smallest absolute Gasteiger partial charge is 0.197 e. The van der Waals surface area contributed by atoms with Gasteiger partial charge in [0.1, 0.15) is 5.76 Å². The lowest BCUT2D eigenvalue weighted by molar-refractivity contribution is 0.104. The van der Waals surface area contributed by atoms with Crippen LogP contribution < -0.4 is 0 Å². The Morgan fingerprint density at radius 3 is 2.22 bits per heavy atom. The fourth-order valence-electron chi connectivity index (χ4n) is 4.99. The molecule has 1 heterocycles. The molecule has 0 saturated carbocycles. The van der Waals surface area contributed by atoms with Gasteiger partial charge in [-0.15, -0.1) is 0 Å². The van der Waals surface area contributed by atoms with Gasteiger partial charge in [-0.1, -0.05) is 68.4 Å². The molecule has 0 fully saturated rings. The van der Waals surface area contributed by atoms with Crippen molar-refractivity contribution in [3.05, 3.63) is 107 Å². The van der Waals surface area contributed by atoms with Crippen LogP contribution in [0, 0.1) is 0 Å². The van der Waals surface area contributed by atoms with Gasteiger partial charge in [0.15, 0.2) is 5.78 Å². The van der Waals surface area contributed by atoms with Crippen molar-refractivity contribution in [2.75, 3.05) is 0 Å². The standard InChI is InChI=1S/C29H21NO2/c1-29(2)25(30-24-13-11-17-7-5-6-10-20(17)26(24)29)14-12-21-27(31)22-15-18-8-3-4-9-19(18)16-23(22)28(21)32/h3-16,31H,1-2H3. The zero-order valence-electron chi connectivity index (χ0n) is 17.9. The van der Waals surface area contributed by atoms with Crippen LogP contribution >= 0.6 is 0 Å². The SMILES string of the molecule is CC1(C)C(C=CC2=C(O)c3cc4ccccc4cc3C2=O)=Nc2ccc3ccccc3c21. The Hall–Kier alpha value is -3.98. The van der Waals surface area contributed by atoms with E-state index in [1.807, 2.05) is 54.6 Å². The quantitative estimate of drug-likeness (QED) is 0.380. The summed E-state index contributed by atoms with van der Waals surface area (Å²) in [5.74, 6) is -0.120. The normalized spacial score (nSPS) is 16.8.